The fourth-order valence-electron chi connectivity index (χ4n) is 3.76. The van der Waals surface area contributed by atoms with Crippen LogP contribution < -0.4 is 10.3 Å². The molecule has 0 aliphatic carbocycles. The van der Waals surface area contributed by atoms with Crippen LogP contribution in [0.1, 0.15) is 12.5 Å². The van der Waals surface area contributed by atoms with E-state index in [1.165, 1.54) is 18.0 Å². The molecule has 0 fully saturated rings. The van der Waals surface area contributed by atoms with Gasteiger partial charge in [0.25, 0.3) is 5.56 Å². The Bertz CT molecular complexity index is 1690. The number of hydrogen-bond acceptors (Lipinski definition) is 7. The minimum absolute atomic E-state index is 0.244. The number of furan rings is 1. The summed E-state index contributed by atoms with van der Waals surface area (Å²) in [5.41, 5.74) is 1.42. The molecule has 37 heavy (non-hydrogen) atoms. The quantitative estimate of drug-likeness (QED) is 0.179. The van der Waals surface area contributed by atoms with Gasteiger partial charge < -0.3 is 13.9 Å². The first-order valence-corrected chi connectivity index (χ1v) is 12.3. The predicted molar refractivity (Wildman–Crippen MR) is 145 cm³/mol. The van der Waals surface area contributed by atoms with Gasteiger partial charge in [0.05, 0.1) is 33.7 Å². The van der Waals surface area contributed by atoms with Crippen molar-refractivity contribution < 1.29 is 18.7 Å². The highest BCUT2D eigenvalue weighted by molar-refractivity contribution is 9.10. The maximum absolute atomic E-state index is 13.4. The zero-order valence-corrected chi connectivity index (χ0v) is 22.0. The first-order valence-electron chi connectivity index (χ1n) is 11.1. The third-order valence-corrected chi connectivity index (χ3v) is 6.44. The molecule has 0 bridgehead atoms. The molecular weight excluding hydrogens is 562 g/mol. The third kappa shape index (κ3) is 4.87. The van der Waals surface area contributed by atoms with Crippen LogP contribution in [0, 0.1) is 0 Å². The Morgan fingerprint density at radius 2 is 1.92 bits per heavy atom. The van der Waals surface area contributed by atoms with E-state index in [1.54, 1.807) is 37.3 Å². The highest BCUT2D eigenvalue weighted by Crippen LogP contribution is 2.35. The molecule has 2 heterocycles. The maximum atomic E-state index is 13.4. The number of ether oxygens (including phenoxy) is 2. The SMILES string of the molecule is COC(=O)[C@@H](C)Oc1c(Cl)cc(C=Nn2c(-c3cc4ccccc4o3)nc3ccccc3c2=O)cc1Br. The van der Waals surface area contributed by atoms with E-state index in [-0.39, 0.29) is 22.2 Å². The Labute approximate surface area is 224 Å². The van der Waals surface area contributed by atoms with Gasteiger partial charge in [-0.15, -0.1) is 0 Å². The zero-order valence-electron chi connectivity index (χ0n) is 19.6. The highest BCUT2D eigenvalue weighted by Gasteiger charge is 2.19. The van der Waals surface area contributed by atoms with E-state index in [0.717, 1.165) is 5.39 Å². The van der Waals surface area contributed by atoms with Crippen LogP contribution in [0.2, 0.25) is 5.02 Å². The van der Waals surface area contributed by atoms with Crippen LogP contribution in [-0.2, 0) is 9.53 Å². The van der Waals surface area contributed by atoms with Crippen LogP contribution in [0.5, 0.6) is 5.75 Å². The van der Waals surface area contributed by atoms with E-state index in [4.69, 9.17) is 25.5 Å². The summed E-state index contributed by atoms with van der Waals surface area (Å²) in [7, 11) is 1.28. The van der Waals surface area contributed by atoms with Crippen molar-refractivity contribution >= 4 is 61.6 Å². The minimum Gasteiger partial charge on any atom is -0.476 e. The molecule has 0 unspecified atom stereocenters. The van der Waals surface area contributed by atoms with Gasteiger partial charge in [0.15, 0.2) is 17.6 Å². The molecule has 8 nitrogen and oxygen atoms in total. The van der Waals surface area contributed by atoms with Crippen LogP contribution in [-0.4, -0.2) is 35.1 Å². The molecule has 0 aliphatic heterocycles. The Balaban J connectivity index is 1.59. The number of esters is 1. The summed E-state index contributed by atoms with van der Waals surface area (Å²) in [5.74, 6) is 0.410. The topological polar surface area (TPSA) is 95.9 Å². The van der Waals surface area contributed by atoms with E-state index >= 15 is 0 Å². The standard InChI is InChI=1S/C27H19BrClN3O5/c1-15(27(34)35-2)36-24-19(28)11-16(12-20(24)29)14-30-32-25(23-13-17-7-3-6-10-22(17)37-23)31-21-9-5-4-8-18(21)26(32)33/h3-15H,1-2H3/t15-/m1/s1. The normalized spacial score (nSPS) is 12.3. The second-order valence-corrected chi connectivity index (χ2v) is 9.32. The molecule has 2 aromatic heterocycles. The van der Waals surface area contributed by atoms with E-state index in [1.807, 2.05) is 36.4 Å². The van der Waals surface area contributed by atoms with Crippen molar-refractivity contribution in [1.82, 2.24) is 9.66 Å². The summed E-state index contributed by atoms with van der Waals surface area (Å²) in [4.78, 5) is 29.8. The Morgan fingerprint density at radius 3 is 2.68 bits per heavy atom. The fourth-order valence-corrected chi connectivity index (χ4v) is 4.72. The predicted octanol–water partition coefficient (Wildman–Crippen LogP) is 6.05. The fraction of sp³-hybridized carbons (Fsp3) is 0.111. The number of rotatable bonds is 6. The van der Waals surface area contributed by atoms with Gasteiger partial charge >= 0.3 is 5.97 Å². The van der Waals surface area contributed by atoms with Crippen LogP contribution in [0.25, 0.3) is 33.5 Å². The molecule has 0 radical (unpaired) electrons. The van der Waals surface area contributed by atoms with Crippen molar-refractivity contribution in [2.75, 3.05) is 7.11 Å². The van der Waals surface area contributed by atoms with Crippen molar-refractivity contribution in [2.45, 2.75) is 13.0 Å². The molecular formula is C27H19BrClN3O5. The number of benzene rings is 3. The summed E-state index contributed by atoms with van der Waals surface area (Å²) in [6.45, 7) is 1.56. The largest absolute Gasteiger partial charge is 0.476 e. The monoisotopic (exact) mass is 579 g/mol. The summed E-state index contributed by atoms with van der Waals surface area (Å²) < 4.78 is 18.0. The summed E-state index contributed by atoms with van der Waals surface area (Å²) >= 11 is 9.85. The highest BCUT2D eigenvalue weighted by atomic mass is 79.9. The number of carbonyl (C=O) groups excluding carboxylic acids is 1. The molecule has 186 valence electrons. The van der Waals surface area contributed by atoms with Crippen molar-refractivity contribution in [3.8, 4) is 17.3 Å². The van der Waals surface area contributed by atoms with E-state index in [2.05, 4.69) is 26.0 Å². The van der Waals surface area contributed by atoms with Crippen molar-refractivity contribution in [1.29, 1.82) is 0 Å². The third-order valence-electron chi connectivity index (χ3n) is 5.57. The molecule has 3 aromatic carbocycles. The molecule has 5 rings (SSSR count). The Morgan fingerprint density at radius 1 is 1.16 bits per heavy atom. The number of para-hydroxylation sites is 2. The van der Waals surface area contributed by atoms with Crippen LogP contribution >= 0.6 is 27.5 Å². The number of fused-ring (bicyclic) bond motifs is 2. The lowest BCUT2D eigenvalue weighted by molar-refractivity contribution is -0.147. The maximum Gasteiger partial charge on any atom is 0.346 e. The molecule has 0 aliphatic rings. The second kappa shape index (κ2) is 10.2. The minimum atomic E-state index is -0.855. The molecule has 1 atom stereocenters. The molecule has 5 aromatic rings. The van der Waals surface area contributed by atoms with E-state index < -0.39 is 12.1 Å². The van der Waals surface area contributed by atoms with Gasteiger partial charge in [0, 0.05) is 5.39 Å². The van der Waals surface area contributed by atoms with Gasteiger partial charge in [-0.25, -0.2) is 9.78 Å². The van der Waals surface area contributed by atoms with Gasteiger partial charge in [0.1, 0.15) is 5.58 Å². The molecule has 0 saturated heterocycles. The van der Waals surface area contributed by atoms with Gasteiger partial charge in [-0.3, -0.25) is 4.79 Å². The van der Waals surface area contributed by atoms with Crippen molar-refractivity contribution in [3.05, 3.63) is 92.1 Å². The summed E-state index contributed by atoms with van der Waals surface area (Å²) in [6.07, 6.45) is 0.626. The lowest BCUT2D eigenvalue weighted by Crippen LogP contribution is -2.25. The number of carbonyl (C=O) groups is 1. The summed E-state index contributed by atoms with van der Waals surface area (Å²) in [5, 5.41) is 5.99. The first-order chi connectivity index (χ1) is 17.9. The zero-order chi connectivity index (χ0) is 26.1. The first kappa shape index (κ1) is 24.7. The molecule has 10 heteroatoms. The Hall–Kier alpha value is -3.95. The van der Waals surface area contributed by atoms with Gasteiger partial charge in [-0.05, 0) is 64.8 Å². The van der Waals surface area contributed by atoms with Gasteiger partial charge in [-0.2, -0.15) is 9.78 Å². The molecule has 0 spiro atoms. The molecule has 0 saturated carbocycles. The number of nitrogens with zero attached hydrogens (tertiary/aromatic N) is 3. The Kier molecular flexibility index (Phi) is 6.82. The van der Waals surface area contributed by atoms with Gasteiger partial charge in [-0.1, -0.05) is 41.9 Å². The number of methoxy groups -OCH3 is 1. The van der Waals surface area contributed by atoms with Crippen LogP contribution in [0.4, 0.5) is 0 Å². The molecule has 0 amide bonds. The number of hydrogen-bond donors (Lipinski definition) is 0. The van der Waals surface area contributed by atoms with Crippen molar-refractivity contribution in [2.24, 2.45) is 5.10 Å². The number of halogens is 2. The van der Waals surface area contributed by atoms with Crippen LogP contribution in [0.3, 0.4) is 0 Å². The number of aromatic nitrogens is 2. The average Bonchev–Trinajstić information content (AvgIpc) is 3.33. The lowest BCUT2D eigenvalue weighted by Gasteiger charge is -2.15. The smallest absolute Gasteiger partial charge is 0.346 e. The summed E-state index contributed by atoms with van der Waals surface area (Å²) in [6, 6.07) is 19.7. The van der Waals surface area contributed by atoms with E-state index in [0.29, 0.717) is 32.3 Å². The average molecular weight is 581 g/mol. The van der Waals surface area contributed by atoms with Crippen molar-refractivity contribution in [3.63, 3.8) is 0 Å². The van der Waals surface area contributed by atoms with Crippen LogP contribution in [0.15, 0.2) is 85.5 Å². The lowest BCUT2D eigenvalue weighted by atomic mass is 10.2. The second-order valence-electron chi connectivity index (χ2n) is 8.06. The van der Waals surface area contributed by atoms with Gasteiger partial charge in [0.2, 0.25) is 5.82 Å². The molecule has 0 N–H and O–H groups in total. The van der Waals surface area contributed by atoms with E-state index in [9.17, 15) is 9.59 Å².